The van der Waals surface area contributed by atoms with Gasteiger partial charge in [0.1, 0.15) is 5.76 Å². The van der Waals surface area contributed by atoms with E-state index in [0.717, 1.165) is 17.7 Å². The summed E-state index contributed by atoms with van der Waals surface area (Å²) in [5.74, 6) is 6.59. The second-order valence-corrected chi connectivity index (χ2v) is 4.76. The van der Waals surface area contributed by atoms with E-state index in [9.17, 15) is 0 Å². The Morgan fingerprint density at radius 3 is 2.28 bits per heavy atom. The van der Waals surface area contributed by atoms with Gasteiger partial charge in [-0.3, -0.25) is 5.84 Å². The van der Waals surface area contributed by atoms with Crippen LogP contribution in [0.15, 0.2) is 34.9 Å². The average Bonchev–Trinajstić information content (AvgIpc) is 2.76. The Bertz CT molecular complexity index is 511. The van der Waals surface area contributed by atoms with E-state index in [4.69, 9.17) is 10.3 Å². The van der Waals surface area contributed by atoms with E-state index < -0.39 is 0 Å². The van der Waals surface area contributed by atoms with Crippen molar-refractivity contribution in [2.45, 2.75) is 33.2 Å². The number of hydrazine groups is 1. The minimum absolute atomic E-state index is 0.0137. The largest absolute Gasteiger partial charge is 0.467 e. The van der Waals surface area contributed by atoms with Gasteiger partial charge in [0.2, 0.25) is 0 Å². The Morgan fingerprint density at radius 2 is 1.78 bits per heavy atom. The zero-order valence-electron chi connectivity index (χ0n) is 11.2. The van der Waals surface area contributed by atoms with Gasteiger partial charge in [-0.1, -0.05) is 18.2 Å². The first kappa shape index (κ1) is 12.9. The average molecular weight is 244 g/mol. The summed E-state index contributed by atoms with van der Waals surface area (Å²) in [6, 6.07) is 8.32. The molecular formula is C15H20N2O. The molecule has 3 nitrogen and oxygen atoms in total. The Balaban J connectivity index is 2.29. The van der Waals surface area contributed by atoms with Crippen molar-refractivity contribution in [3.63, 3.8) is 0 Å². The lowest BCUT2D eigenvalue weighted by Crippen LogP contribution is -2.30. The minimum Gasteiger partial charge on any atom is -0.467 e. The summed E-state index contributed by atoms with van der Waals surface area (Å²) in [7, 11) is 0. The van der Waals surface area contributed by atoms with Crippen molar-refractivity contribution in [1.82, 2.24) is 5.43 Å². The molecule has 1 aromatic carbocycles. The first-order valence-corrected chi connectivity index (χ1v) is 6.18. The molecular weight excluding hydrogens is 224 g/mol. The van der Waals surface area contributed by atoms with E-state index in [1.54, 1.807) is 6.26 Å². The molecule has 0 fully saturated rings. The Kier molecular flexibility index (Phi) is 3.84. The van der Waals surface area contributed by atoms with Crippen LogP contribution < -0.4 is 11.3 Å². The molecule has 1 atom stereocenters. The number of benzene rings is 1. The van der Waals surface area contributed by atoms with Crippen LogP contribution in [0.1, 0.15) is 34.1 Å². The Morgan fingerprint density at radius 1 is 1.11 bits per heavy atom. The summed E-state index contributed by atoms with van der Waals surface area (Å²) in [5, 5.41) is 0. The van der Waals surface area contributed by atoms with E-state index in [1.807, 2.05) is 13.0 Å². The molecule has 0 amide bonds. The summed E-state index contributed by atoms with van der Waals surface area (Å²) < 4.78 is 5.53. The first-order chi connectivity index (χ1) is 8.63. The van der Waals surface area contributed by atoms with Crippen molar-refractivity contribution in [3.05, 3.63) is 58.5 Å². The smallest absolute Gasteiger partial charge is 0.125 e. The molecule has 0 aliphatic rings. The third-order valence-corrected chi connectivity index (χ3v) is 3.47. The Hall–Kier alpha value is -1.58. The molecule has 0 aliphatic carbocycles. The molecule has 3 N–H and O–H groups in total. The third kappa shape index (κ3) is 2.47. The van der Waals surface area contributed by atoms with Gasteiger partial charge in [0.15, 0.2) is 0 Å². The number of rotatable bonds is 4. The van der Waals surface area contributed by atoms with Crippen LogP contribution in [0, 0.1) is 20.8 Å². The highest BCUT2D eigenvalue weighted by molar-refractivity contribution is 5.35. The summed E-state index contributed by atoms with van der Waals surface area (Å²) in [6.45, 7) is 6.30. The van der Waals surface area contributed by atoms with Crippen LogP contribution in [-0.4, -0.2) is 0 Å². The summed E-state index contributed by atoms with van der Waals surface area (Å²) >= 11 is 0. The fraction of sp³-hybridized carbons (Fsp3) is 0.333. The molecule has 2 aromatic rings. The second-order valence-electron chi connectivity index (χ2n) is 4.76. The van der Waals surface area contributed by atoms with E-state index >= 15 is 0 Å². The standard InChI is InChI=1S/C15H20N2O/c1-10-5-4-6-11(2)13(10)9-14(17-16)15-12(3)7-8-18-15/h4-8,14,17H,9,16H2,1-3H3. The molecule has 0 aliphatic heterocycles. The normalized spacial score (nSPS) is 12.7. The topological polar surface area (TPSA) is 51.2 Å². The highest BCUT2D eigenvalue weighted by Gasteiger charge is 2.18. The number of nitrogens with two attached hydrogens (primary N) is 1. The quantitative estimate of drug-likeness (QED) is 0.642. The van der Waals surface area contributed by atoms with Crippen molar-refractivity contribution in [3.8, 4) is 0 Å². The molecule has 0 spiro atoms. The lowest BCUT2D eigenvalue weighted by Gasteiger charge is -2.17. The first-order valence-electron chi connectivity index (χ1n) is 6.18. The fourth-order valence-electron chi connectivity index (χ4n) is 2.34. The van der Waals surface area contributed by atoms with E-state index in [1.165, 1.54) is 16.7 Å². The van der Waals surface area contributed by atoms with E-state index in [0.29, 0.717) is 0 Å². The molecule has 0 saturated heterocycles. The molecule has 96 valence electrons. The summed E-state index contributed by atoms with van der Waals surface area (Å²) in [5.41, 5.74) is 7.90. The van der Waals surface area contributed by atoms with Gasteiger partial charge < -0.3 is 4.42 Å². The van der Waals surface area contributed by atoms with Crippen LogP contribution in [-0.2, 0) is 6.42 Å². The maximum atomic E-state index is 5.67. The van der Waals surface area contributed by atoms with Crippen LogP contribution in [0.4, 0.5) is 0 Å². The highest BCUT2D eigenvalue weighted by Crippen LogP contribution is 2.25. The molecule has 0 saturated carbocycles. The van der Waals surface area contributed by atoms with Gasteiger partial charge in [-0.15, -0.1) is 0 Å². The molecule has 1 heterocycles. The van der Waals surface area contributed by atoms with Crippen molar-refractivity contribution in [1.29, 1.82) is 0 Å². The monoisotopic (exact) mass is 244 g/mol. The van der Waals surface area contributed by atoms with Crippen LogP contribution in [0.25, 0.3) is 0 Å². The molecule has 2 rings (SSSR count). The van der Waals surface area contributed by atoms with Crippen LogP contribution in [0.3, 0.4) is 0 Å². The molecule has 1 aromatic heterocycles. The predicted octanol–water partition coefficient (Wildman–Crippen LogP) is 2.95. The molecule has 18 heavy (non-hydrogen) atoms. The second kappa shape index (κ2) is 5.38. The SMILES string of the molecule is Cc1ccoc1C(Cc1c(C)cccc1C)NN. The van der Waals surface area contributed by atoms with E-state index in [2.05, 4.69) is 37.5 Å². The van der Waals surface area contributed by atoms with Crippen molar-refractivity contribution < 1.29 is 4.42 Å². The van der Waals surface area contributed by atoms with Gasteiger partial charge in [-0.05, 0) is 55.5 Å². The number of hydrogen-bond donors (Lipinski definition) is 2. The van der Waals surface area contributed by atoms with Gasteiger partial charge in [0.05, 0.1) is 12.3 Å². The highest BCUT2D eigenvalue weighted by atomic mass is 16.3. The van der Waals surface area contributed by atoms with Gasteiger partial charge >= 0.3 is 0 Å². The molecule has 0 bridgehead atoms. The number of hydrogen-bond acceptors (Lipinski definition) is 3. The minimum atomic E-state index is 0.0137. The van der Waals surface area contributed by atoms with Gasteiger partial charge in [0, 0.05) is 0 Å². The van der Waals surface area contributed by atoms with Crippen LogP contribution >= 0.6 is 0 Å². The maximum absolute atomic E-state index is 5.67. The van der Waals surface area contributed by atoms with Gasteiger partial charge in [-0.2, -0.15) is 0 Å². The van der Waals surface area contributed by atoms with Crippen molar-refractivity contribution >= 4 is 0 Å². The molecule has 3 heteroatoms. The van der Waals surface area contributed by atoms with Crippen molar-refractivity contribution in [2.24, 2.45) is 5.84 Å². The number of nitrogens with one attached hydrogen (secondary N) is 1. The van der Waals surface area contributed by atoms with Crippen LogP contribution in [0.2, 0.25) is 0 Å². The Labute approximate surface area is 108 Å². The maximum Gasteiger partial charge on any atom is 0.125 e. The van der Waals surface area contributed by atoms with Gasteiger partial charge in [-0.25, -0.2) is 5.43 Å². The predicted molar refractivity (Wildman–Crippen MR) is 73.1 cm³/mol. The number of furan rings is 1. The summed E-state index contributed by atoms with van der Waals surface area (Å²) in [6.07, 6.45) is 2.54. The molecule has 0 radical (unpaired) electrons. The lowest BCUT2D eigenvalue weighted by atomic mass is 9.95. The van der Waals surface area contributed by atoms with Crippen LogP contribution in [0.5, 0.6) is 0 Å². The number of aryl methyl sites for hydroxylation is 3. The fourth-order valence-corrected chi connectivity index (χ4v) is 2.34. The van der Waals surface area contributed by atoms with Gasteiger partial charge in [0.25, 0.3) is 0 Å². The zero-order chi connectivity index (χ0) is 13.1. The zero-order valence-corrected chi connectivity index (χ0v) is 11.2. The van der Waals surface area contributed by atoms with E-state index in [-0.39, 0.29) is 6.04 Å². The third-order valence-electron chi connectivity index (χ3n) is 3.47. The lowest BCUT2D eigenvalue weighted by molar-refractivity contribution is 0.412. The summed E-state index contributed by atoms with van der Waals surface area (Å²) in [4.78, 5) is 0. The molecule has 1 unspecified atom stereocenters. The van der Waals surface area contributed by atoms with Crippen molar-refractivity contribution in [2.75, 3.05) is 0 Å².